The molecule has 0 atom stereocenters. The molecule has 0 spiro atoms. The Morgan fingerprint density at radius 3 is 1.49 bits per heavy atom. The van der Waals surface area contributed by atoms with Crippen LogP contribution in [0.5, 0.6) is 0 Å². The monoisotopic (exact) mass is 532 g/mol. The minimum atomic E-state index is -0.0890. The van der Waals surface area contributed by atoms with Crippen molar-refractivity contribution in [1.29, 1.82) is 0 Å². The zero-order chi connectivity index (χ0) is 28.4. The highest BCUT2D eigenvalue weighted by molar-refractivity contribution is 5.88. The molecule has 7 rings (SSSR count). The van der Waals surface area contributed by atoms with Crippen LogP contribution < -0.4 is 4.90 Å². The van der Waals surface area contributed by atoms with Crippen molar-refractivity contribution in [3.05, 3.63) is 147 Å². The van der Waals surface area contributed by atoms with E-state index in [-0.39, 0.29) is 10.8 Å². The summed E-state index contributed by atoms with van der Waals surface area (Å²) in [5.41, 5.74) is 23.6. The van der Waals surface area contributed by atoms with Gasteiger partial charge in [0.2, 0.25) is 0 Å². The number of hydrogen-bond donors (Lipinski definition) is 0. The molecule has 0 aromatic heterocycles. The zero-order valence-corrected chi connectivity index (χ0v) is 23.9. The van der Waals surface area contributed by atoms with Crippen molar-refractivity contribution in [2.75, 3.05) is 4.90 Å². The molecule has 0 saturated heterocycles. The third-order valence-electron chi connectivity index (χ3n) is 9.16. The Kier molecular flexibility index (Phi) is 5.61. The molecular weight excluding hydrogens is 500 g/mol. The standard InChI is InChI=1S/C37H32N4/c1-36(2)32-11-7-5-9-28(32)30-19-17-26(21-34(30)36)41(25-15-13-24(14-16-25)23-39-40-38)27-18-20-31-29-10-6-8-12-33(29)37(3,4)35(31)22-27/h5-22H,23H2,1-4H3. The third-order valence-corrected chi connectivity index (χ3v) is 9.16. The Morgan fingerprint density at radius 1 is 0.561 bits per heavy atom. The van der Waals surface area contributed by atoms with Crippen molar-refractivity contribution >= 4 is 17.1 Å². The molecule has 2 aliphatic carbocycles. The fraction of sp³-hybridized carbons (Fsp3) is 0.189. The largest absolute Gasteiger partial charge is 0.310 e. The fourth-order valence-corrected chi connectivity index (χ4v) is 6.97. The molecule has 0 fully saturated rings. The van der Waals surface area contributed by atoms with E-state index in [1.807, 2.05) is 0 Å². The van der Waals surface area contributed by atoms with Crippen LogP contribution in [0.2, 0.25) is 0 Å². The summed E-state index contributed by atoms with van der Waals surface area (Å²) < 4.78 is 0. The smallest absolute Gasteiger partial charge is 0.0510 e. The van der Waals surface area contributed by atoms with Crippen LogP contribution in [-0.2, 0) is 17.4 Å². The number of hydrogen-bond acceptors (Lipinski definition) is 2. The van der Waals surface area contributed by atoms with E-state index in [0.717, 1.165) is 22.6 Å². The van der Waals surface area contributed by atoms with Gasteiger partial charge in [0.15, 0.2) is 0 Å². The normalized spacial score (nSPS) is 14.8. The minimum absolute atomic E-state index is 0.0890. The maximum Gasteiger partial charge on any atom is 0.0510 e. The van der Waals surface area contributed by atoms with E-state index in [4.69, 9.17) is 5.53 Å². The van der Waals surface area contributed by atoms with Gasteiger partial charge in [0.25, 0.3) is 0 Å². The average Bonchev–Trinajstić information content (AvgIpc) is 3.36. The quantitative estimate of drug-likeness (QED) is 0.126. The molecule has 0 bridgehead atoms. The lowest BCUT2D eigenvalue weighted by molar-refractivity contribution is 0.660. The second kappa shape index (κ2) is 9.12. The van der Waals surface area contributed by atoms with Crippen molar-refractivity contribution < 1.29 is 0 Å². The van der Waals surface area contributed by atoms with Crippen LogP contribution in [0.15, 0.2) is 114 Å². The van der Waals surface area contributed by atoms with Gasteiger partial charge in [-0.1, -0.05) is 106 Å². The molecule has 5 aromatic rings. The summed E-state index contributed by atoms with van der Waals surface area (Å²) in [6, 6.07) is 39.7. The number of anilines is 3. The van der Waals surface area contributed by atoms with Crippen LogP contribution in [0.25, 0.3) is 32.7 Å². The molecule has 0 amide bonds. The van der Waals surface area contributed by atoms with Crippen LogP contribution in [0.3, 0.4) is 0 Å². The second-order valence-corrected chi connectivity index (χ2v) is 12.2. The molecule has 5 aromatic carbocycles. The van der Waals surface area contributed by atoms with Gasteiger partial charge < -0.3 is 4.90 Å². The van der Waals surface area contributed by atoms with Gasteiger partial charge in [-0.05, 0) is 92.0 Å². The fourth-order valence-electron chi connectivity index (χ4n) is 6.97. The summed E-state index contributed by atoms with van der Waals surface area (Å²) in [4.78, 5) is 5.28. The van der Waals surface area contributed by atoms with E-state index in [2.05, 4.69) is 152 Å². The van der Waals surface area contributed by atoms with Crippen molar-refractivity contribution in [1.82, 2.24) is 0 Å². The van der Waals surface area contributed by atoms with Crippen molar-refractivity contribution in [3.63, 3.8) is 0 Å². The Morgan fingerprint density at radius 2 is 1.00 bits per heavy atom. The van der Waals surface area contributed by atoms with Crippen LogP contribution in [0.4, 0.5) is 17.1 Å². The molecule has 4 nitrogen and oxygen atoms in total. The Labute approximate surface area is 241 Å². The van der Waals surface area contributed by atoms with Crippen molar-refractivity contribution in [2.24, 2.45) is 5.11 Å². The first kappa shape index (κ1) is 25.2. The minimum Gasteiger partial charge on any atom is -0.310 e. The predicted molar refractivity (Wildman–Crippen MR) is 169 cm³/mol. The Bertz CT molecular complexity index is 1770. The summed E-state index contributed by atoms with van der Waals surface area (Å²) in [5.74, 6) is 0. The third kappa shape index (κ3) is 3.79. The topological polar surface area (TPSA) is 52.0 Å². The molecule has 0 aliphatic heterocycles. The van der Waals surface area contributed by atoms with Gasteiger partial charge in [0.05, 0.1) is 6.54 Å². The summed E-state index contributed by atoms with van der Waals surface area (Å²) in [6.07, 6.45) is 0. The molecule has 2 aliphatic rings. The van der Waals surface area contributed by atoms with E-state index in [1.54, 1.807) is 0 Å². The van der Waals surface area contributed by atoms with Crippen LogP contribution in [-0.4, -0.2) is 0 Å². The summed E-state index contributed by atoms with van der Waals surface area (Å²) in [7, 11) is 0. The lowest BCUT2D eigenvalue weighted by Crippen LogP contribution is -2.18. The van der Waals surface area contributed by atoms with E-state index >= 15 is 0 Å². The maximum atomic E-state index is 8.79. The number of rotatable bonds is 5. The highest BCUT2D eigenvalue weighted by atomic mass is 15.1. The lowest BCUT2D eigenvalue weighted by atomic mass is 9.82. The van der Waals surface area contributed by atoms with Gasteiger partial charge in [-0.2, -0.15) is 0 Å². The number of fused-ring (bicyclic) bond motifs is 6. The number of nitrogens with zero attached hydrogens (tertiary/aromatic N) is 4. The van der Waals surface area contributed by atoms with Crippen molar-refractivity contribution in [3.8, 4) is 22.3 Å². The highest BCUT2D eigenvalue weighted by Crippen LogP contribution is 2.52. The molecule has 41 heavy (non-hydrogen) atoms. The van der Waals surface area contributed by atoms with Gasteiger partial charge in [-0.25, -0.2) is 0 Å². The summed E-state index contributed by atoms with van der Waals surface area (Å²) in [5, 5.41) is 3.75. The predicted octanol–water partition coefficient (Wildman–Crippen LogP) is 10.6. The number of benzene rings is 5. The first-order valence-corrected chi connectivity index (χ1v) is 14.2. The van der Waals surface area contributed by atoms with E-state index in [0.29, 0.717) is 6.54 Å². The van der Waals surface area contributed by atoms with Crippen LogP contribution in [0.1, 0.15) is 55.5 Å². The summed E-state index contributed by atoms with van der Waals surface area (Å²) >= 11 is 0. The van der Waals surface area contributed by atoms with Crippen molar-refractivity contribution in [2.45, 2.75) is 45.1 Å². The van der Waals surface area contributed by atoms with Gasteiger partial charge in [0.1, 0.15) is 0 Å². The van der Waals surface area contributed by atoms with E-state index in [1.165, 1.54) is 44.5 Å². The number of azide groups is 1. The Balaban J connectivity index is 1.40. The SMILES string of the molecule is CC1(C)c2ccccc2-c2ccc(N(c3ccc(CN=[N+]=[N-])cc3)c3ccc4c(c3)C(C)(C)c3ccccc3-4)cc21. The molecule has 0 saturated carbocycles. The molecule has 0 N–H and O–H groups in total. The highest BCUT2D eigenvalue weighted by Gasteiger charge is 2.37. The van der Waals surface area contributed by atoms with Gasteiger partial charge >= 0.3 is 0 Å². The molecule has 4 heteroatoms. The first-order valence-electron chi connectivity index (χ1n) is 14.2. The van der Waals surface area contributed by atoms with E-state index in [9.17, 15) is 0 Å². The van der Waals surface area contributed by atoms with Gasteiger partial charge in [0, 0.05) is 32.8 Å². The van der Waals surface area contributed by atoms with Crippen LogP contribution >= 0.6 is 0 Å². The molecule has 0 unspecified atom stereocenters. The molecule has 0 heterocycles. The van der Waals surface area contributed by atoms with Gasteiger partial charge in [-0.3, -0.25) is 0 Å². The zero-order valence-electron chi connectivity index (χ0n) is 23.9. The lowest BCUT2D eigenvalue weighted by Gasteiger charge is -2.30. The molecular formula is C37H32N4. The Hall–Kier alpha value is -4.79. The van der Waals surface area contributed by atoms with Gasteiger partial charge in [-0.15, -0.1) is 0 Å². The average molecular weight is 533 g/mol. The first-order chi connectivity index (χ1) is 19.8. The van der Waals surface area contributed by atoms with E-state index < -0.39 is 0 Å². The summed E-state index contributed by atoms with van der Waals surface area (Å²) in [6.45, 7) is 9.64. The molecule has 200 valence electrons. The van der Waals surface area contributed by atoms with Crippen LogP contribution in [0, 0.1) is 0 Å². The maximum absolute atomic E-state index is 8.79. The second-order valence-electron chi connectivity index (χ2n) is 12.2. The molecule has 0 radical (unpaired) electrons.